The zero-order chi connectivity index (χ0) is 18.5. The number of aromatic nitrogens is 4. The van der Waals surface area contributed by atoms with Crippen molar-refractivity contribution in [2.45, 2.75) is 56.0 Å². The molecule has 142 valence electrons. The van der Waals surface area contributed by atoms with Gasteiger partial charge in [-0.15, -0.1) is 0 Å². The Morgan fingerprint density at radius 3 is 2.85 bits per heavy atom. The topological polar surface area (TPSA) is 130 Å². The van der Waals surface area contributed by atoms with Crippen LogP contribution in [-0.4, -0.2) is 59.4 Å². The number of unbranched alkanes of at least 4 members (excludes halogenated alkanes) is 2. The maximum Gasteiger partial charge on any atom is 0.191 e. The standard InChI is InChI=1S/C17H25N5O3S/c1-2-3-4-5-26-16-20-14(18)10-15(21-16)22(8-19-10)11-9-6-17(9,7-23)13(25)12(11)24/h8-9,11-13,23-25H,2-7H2,1H3,(H2,18,20,21)/t9-,11-,12?,13?,17+/m1/s1. The summed E-state index contributed by atoms with van der Waals surface area (Å²) in [4.78, 5) is 13.3. The molecule has 2 aromatic rings. The molecule has 0 radical (unpaired) electrons. The van der Waals surface area contributed by atoms with Gasteiger partial charge in [0.25, 0.3) is 0 Å². The molecule has 5 atom stereocenters. The smallest absolute Gasteiger partial charge is 0.191 e. The molecule has 4 rings (SSSR count). The van der Waals surface area contributed by atoms with Gasteiger partial charge in [0.1, 0.15) is 11.6 Å². The Bertz CT molecular complexity index is 815. The molecule has 2 aliphatic rings. The molecule has 0 saturated heterocycles. The fourth-order valence-electron chi connectivity index (χ4n) is 4.27. The second kappa shape index (κ2) is 6.63. The maximum atomic E-state index is 10.5. The molecule has 9 heteroatoms. The molecule has 2 heterocycles. The molecule has 8 nitrogen and oxygen atoms in total. The Labute approximate surface area is 155 Å². The fourth-order valence-corrected chi connectivity index (χ4v) is 5.11. The van der Waals surface area contributed by atoms with Crippen molar-refractivity contribution >= 4 is 28.7 Å². The number of hydrogen-bond donors (Lipinski definition) is 4. The first-order valence-corrected chi connectivity index (χ1v) is 10.1. The minimum absolute atomic E-state index is 0.00625. The molecule has 26 heavy (non-hydrogen) atoms. The van der Waals surface area contributed by atoms with Crippen molar-refractivity contribution in [3.63, 3.8) is 0 Å². The number of rotatable bonds is 7. The van der Waals surface area contributed by atoms with Crippen molar-refractivity contribution in [1.82, 2.24) is 19.5 Å². The van der Waals surface area contributed by atoms with Crippen LogP contribution in [-0.2, 0) is 0 Å². The van der Waals surface area contributed by atoms with Gasteiger partial charge in [0.15, 0.2) is 16.6 Å². The lowest BCUT2D eigenvalue weighted by atomic mass is 10.0. The summed E-state index contributed by atoms with van der Waals surface area (Å²) in [6.45, 7) is 2.03. The summed E-state index contributed by atoms with van der Waals surface area (Å²) in [5, 5.41) is 31.2. The maximum absolute atomic E-state index is 10.5. The summed E-state index contributed by atoms with van der Waals surface area (Å²) in [5.41, 5.74) is 6.55. The molecular weight excluding hydrogens is 354 g/mol. The molecule has 2 unspecified atom stereocenters. The van der Waals surface area contributed by atoms with E-state index in [1.54, 1.807) is 22.7 Å². The van der Waals surface area contributed by atoms with Crippen molar-refractivity contribution in [2.24, 2.45) is 11.3 Å². The average Bonchev–Trinajstić information content (AvgIpc) is 3.15. The predicted octanol–water partition coefficient (Wildman–Crippen LogP) is 0.966. The summed E-state index contributed by atoms with van der Waals surface area (Å²) in [7, 11) is 0. The monoisotopic (exact) mass is 379 g/mol. The number of anilines is 1. The van der Waals surface area contributed by atoms with E-state index in [2.05, 4.69) is 21.9 Å². The minimum atomic E-state index is -0.963. The van der Waals surface area contributed by atoms with Gasteiger partial charge >= 0.3 is 0 Å². The molecule has 0 spiro atoms. The van der Waals surface area contributed by atoms with Crippen LogP contribution in [0.4, 0.5) is 5.82 Å². The lowest BCUT2D eigenvalue weighted by Gasteiger charge is -2.23. The van der Waals surface area contributed by atoms with Gasteiger partial charge in [-0.25, -0.2) is 15.0 Å². The van der Waals surface area contributed by atoms with Crippen LogP contribution >= 0.6 is 11.8 Å². The van der Waals surface area contributed by atoms with Crippen LogP contribution in [0.15, 0.2) is 11.5 Å². The van der Waals surface area contributed by atoms with E-state index in [0.717, 1.165) is 18.6 Å². The van der Waals surface area contributed by atoms with Gasteiger partial charge in [0.2, 0.25) is 0 Å². The molecule has 0 bridgehead atoms. The van der Waals surface area contributed by atoms with E-state index in [4.69, 9.17) is 5.73 Å². The van der Waals surface area contributed by atoms with E-state index in [-0.39, 0.29) is 18.6 Å². The van der Waals surface area contributed by atoms with Crippen LogP contribution in [0.2, 0.25) is 0 Å². The summed E-state index contributed by atoms with van der Waals surface area (Å²) in [5.74, 6) is 1.25. The van der Waals surface area contributed by atoms with Crippen LogP contribution in [0.1, 0.15) is 38.6 Å². The Hall–Kier alpha value is -1.42. The van der Waals surface area contributed by atoms with Crippen molar-refractivity contribution in [1.29, 1.82) is 0 Å². The number of hydrogen-bond acceptors (Lipinski definition) is 8. The Morgan fingerprint density at radius 1 is 1.35 bits per heavy atom. The molecule has 2 fully saturated rings. The summed E-state index contributed by atoms with van der Waals surface area (Å²) < 4.78 is 1.80. The summed E-state index contributed by atoms with van der Waals surface area (Å²) in [6, 6.07) is -0.366. The van der Waals surface area contributed by atoms with E-state index in [0.29, 0.717) is 28.6 Å². The Balaban J connectivity index is 1.65. The van der Waals surface area contributed by atoms with Gasteiger partial charge in [0.05, 0.1) is 25.1 Å². The third kappa shape index (κ3) is 2.60. The van der Waals surface area contributed by atoms with Crippen molar-refractivity contribution in [2.75, 3.05) is 18.1 Å². The van der Waals surface area contributed by atoms with Gasteiger partial charge in [0, 0.05) is 11.2 Å². The van der Waals surface area contributed by atoms with Crippen molar-refractivity contribution in [3.05, 3.63) is 6.33 Å². The number of nitrogens with two attached hydrogens (primary N) is 1. The summed E-state index contributed by atoms with van der Waals surface area (Å²) >= 11 is 1.57. The molecular formula is C17H25N5O3S. The van der Waals surface area contributed by atoms with Gasteiger partial charge < -0.3 is 25.6 Å². The highest BCUT2D eigenvalue weighted by atomic mass is 32.2. The first-order chi connectivity index (χ1) is 12.5. The fraction of sp³-hybridized carbons (Fsp3) is 0.706. The largest absolute Gasteiger partial charge is 0.396 e. The zero-order valence-corrected chi connectivity index (χ0v) is 15.6. The van der Waals surface area contributed by atoms with Crippen LogP contribution in [0.25, 0.3) is 11.2 Å². The molecule has 2 aliphatic carbocycles. The van der Waals surface area contributed by atoms with E-state index in [9.17, 15) is 15.3 Å². The number of aliphatic hydroxyl groups is 3. The quantitative estimate of drug-likeness (QED) is 0.318. The molecule has 2 saturated carbocycles. The first kappa shape index (κ1) is 18.0. The number of nitrogen functional groups attached to an aromatic ring is 1. The van der Waals surface area contributed by atoms with Gasteiger partial charge in [-0.2, -0.15) is 0 Å². The third-order valence-electron chi connectivity index (χ3n) is 5.88. The normalized spacial score (nSPS) is 32.9. The van der Waals surface area contributed by atoms with Crippen LogP contribution in [0, 0.1) is 11.3 Å². The third-order valence-corrected chi connectivity index (χ3v) is 6.81. The lowest BCUT2D eigenvalue weighted by molar-refractivity contribution is -0.0300. The second-order valence-electron chi connectivity index (χ2n) is 7.40. The average molecular weight is 379 g/mol. The van der Waals surface area contributed by atoms with Crippen molar-refractivity contribution < 1.29 is 15.3 Å². The van der Waals surface area contributed by atoms with Crippen LogP contribution < -0.4 is 5.73 Å². The van der Waals surface area contributed by atoms with Gasteiger partial charge in [-0.1, -0.05) is 31.5 Å². The van der Waals surface area contributed by atoms with E-state index in [1.165, 1.54) is 6.42 Å². The minimum Gasteiger partial charge on any atom is -0.396 e. The first-order valence-electron chi connectivity index (χ1n) is 9.13. The van der Waals surface area contributed by atoms with Gasteiger partial charge in [-0.3, -0.25) is 0 Å². The molecule has 0 aromatic carbocycles. The Morgan fingerprint density at radius 2 is 2.15 bits per heavy atom. The molecule has 2 aromatic heterocycles. The molecule has 5 N–H and O–H groups in total. The van der Waals surface area contributed by atoms with E-state index >= 15 is 0 Å². The highest BCUT2D eigenvalue weighted by Crippen LogP contribution is 2.67. The van der Waals surface area contributed by atoms with Crippen molar-refractivity contribution in [3.8, 4) is 0 Å². The lowest BCUT2D eigenvalue weighted by Crippen LogP contribution is -2.35. The van der Waals surface area contributed by atoms with Crippen LogP contribution in [0.3, 0.4) is 0 Å². The SMILES string of the molecule is CCCCCSc1nc(N)c2ncn([C@H]3C(O)C(O)[C@]4(CO)C[C@H]34)c2n1. The zero-order valence-electron chi connectivity index (χ0n) is 14.7. The highest BCUT2D eigenvalue weighted by Gasteiger charge is 2.71. The number of imidazole rings is 1. The number of fused-ring (bicyclic) bond motifs is 2. The second-order valence-corrected chi connectivity index (χ2v) is 8.46. The molecule has 0 amide bonds. The van der Waals surface area contributed by atoms with Gasteiger partial charge in [-0.05, 0) is 18.8 Å². The predicted molar refractivity (Wildman–Crippen MR) is 98.7 cm³/mol. The summed E-state index contributed by atoms with van der Waals surface area (Å²) in [6.07, 6.45) is 3.80. The Kier molecular flexibility index (Phi) is 4.58. The van der Waals surface area contributed by atoms with E-state index < -0.39 is 17.6 Å². The highest BCUT2D eigenvalue weighted by molar-refractivity contribution is 7.99. The number of nitrogens with zero attached hydrogens (tertiary/aromatic N) is 4. The number of thioether (sulfide) groups is 1. The molecule has 0 aliphatic heterocycles. The van der Waals surface area contributed by atoms with E-state index in [1.807, 2.05) is 0 Å². The van der Waals surface area contributed by atoms with Crippen LogP contribution in [0.5, 0.6) is 0 Å². The number of aliphatic hydroxyl groups excluding tert-OH is 3.